The second-order valence-electron chi connectivity index (χ2n) is 8.18. The van der Waals surface area contributed by atoms with E-state index in [4.69, 9.17) is 5.73 Å². The van der Waals surface area contributed by atoms with Crippen LogP contribution in [0.3, 0.4) is 0 Å². The summed E-state index contributed by atoms with van der Waals surface area (Å²) in [5.74, 6) is 0. The normalized spacial score (nSPS) is 16.2. The van der Waals surface area contributed by atoms with Gasteiger partial charge < -0.3 is 15.6 Å². The van der Waals surface area contributed by atoms with Crippen LogP contribution < -0.4 is 5.73 Å². The predicted octanol–water partition coefficient (Wildman–Crippen LogP) is 4.26. The summed E-state index contributed by atoms with van der Waals surface area (Å²) in [6.45, 7) is 0.531. The number of nitrogens with two attached hydrogens (primary N) is 1. The Kier molecular flexibility index (Phi) is 4.78. The third-order valence-electron chi connectivity index (χ3n) is 6.19. The maximum absolute atomic E-state index is 12.3. The summed E-state index contributed by atoms with van der Waals surface area (Å²) < 4.78 is 23.5. The Morgan fingerprint density at radius 1 is 1.00 bits per heavy atom. The fourth-order valence-electron chi connectivity index (χ4n) is 4.59. The number of primary amides is 1. The molecule has 1 unspecified atom stereocenters. The summed E-state index contributed by atoms with van der Waals surface area (Å²) in [4.78, 5) is 17.6. The number of carbonyl (C=O) groups excluding carboxylic acids is 1. The molecule has 2 heterocycles. The Labute approximate surface area is 186 Å². The predicted molar refractivity (Wildman–Crippen MR) is 125 cm³/mol. The van der Waals surface area contributed by atoms with Crippen LogP contribution >= 0.6 is 0 Å². The van der Waals surface area contributed by atoms with E-state index in [1.165, 1.54) is 6.26 Å². The summed E-state index contributed by atoms with van der Waals surface area (Å²) in [6.07, 6.45) is 3.86. The standard InChI is InChI=1S/C25H23N3O3S/c1-32(30,31)19-9-6-16(7-10-19)17-8-11-20-18(14-17)12-13-28(25(26)29)24(20)22-15-27-23-5-3-2-4-21(22)23/h2-11,14-15,24,27H,12-13H2,1H3,(H2,26,29). The van der Waals surface area contributed by atoms with E-state index in [-0.39, 0.29) is 6.04 Å². The number of aromatic nitrogens is 1. The van der Waals surface area contributed by atoms with Gasteiger partial charge in [0.1, 0.15) is 0 Å². The lowest BCUT2D eigenvalue weighted by Crippen LogP contribution is -2.43. The van der Waals surface area contributed by atoms with Crippen molar-refractivity contribution >= 4 is 26.8 Å². The average Bonchev–Trinajstić information content (AvgIpc) is 3.21. The molecule has 0 fully saturated rings. The van der Waals surface area contributed by atoms with E-state index in [2.05, 4.69) is 17.1 Å². The number of hydrogen-bond acceptors (Lipinski definition) is 3. The lowest BCUT2D eigenvalue weighted by atomic mass is 9.86. The van der Waals surface area contributed by atoms with Crippen molar-refractivity contribution in [2.75, 3.05) is 12.8 Å². The highest BCUT2D eigenvalue weighted by molar-refractivity contribution is 7.90. The Hall–Kier alpha value is -3.58. The number of fused-ring (bicyclic) bond motifs is 2. The first-order valence-electron chi connectivity index (χ1n) is 10.4. The molecule has 5 rings (SSSR count). The molecule has 0 radical (unpaired) electrons. The summed E-state index contributed by atoms with van der Waals surface area (Å²) >= 11 is 0. The highest BCUT2D eigenvalue weighted by Gasteiger charge is 2.32. The van der Waals surface area contributed by atoms with Crippen molar-refractivity contribution < 1.29 is 13.2 Å². The van der Waals surface area contributed by atoms with Gasteiger partial charge >= 0.3 is 6.03 Å². The number of benzene rings is 3. The molecule has 0 bridgehead atoms. The number of amides is 2. The Bertz CT molecular complexity index is 1440. The number of H-pyrrole nitrogens is 1. The Morgan fingerprint density at radius 2 is 1.72 bits per heavy atom. The van der Waals surface area contributed by atoms with Crippen LogP contribution in [0.5, 0.6) is 0 Å². The topological polar surface area (TPSA) is 96.3 Å². The van der Waals surface area contributed by atoms with Crippen molar-refractivity contribution in [3.63, 3.8) is 0 Å². The van der Waals surface area contributed by atoms with Gasteiger partial charge in [-0.1, -0.05) is 48.5 Å². The van der Waals surface area contributed by atoms with Crippen molar-refractivity contribution in [2.24, 2.45) is 5.73 Å². The highest BCUT2D eigenvalue weighted by Crippen LogP contribution is 2.39. The zero-order valence-corrected chi connectivity index (χ0v) is 18.4. The van der Waals surface area contributed by atoms with Crippen molar-refractivity contribution in [1.29, 1.82) is 0 Å². The van der Waals surface area contributed by atoms with Gasteiger partial charge in [-0.2, -0.15) is 0 Å². The van der Waals surface area contributed by atoms with Gasteiger partial charge in [0.2, 0.25) is 0 Å². The molecule has 3 aromatic carbocycles. The molecule has 1 atom stereocenters. The zero-order valence-electron chi connectivity index (χ0n) is 17.6. The molecule has 0 aliphatic carbocycles. The van der Waals surface area contributed by atoms with E-state index in [0.29, 0.717) is 17.9 Å². The number of aromatic amines is 1. The molecule has 3 N–H and O–H groups in total. The lowest BCUT2D eigenvalue weighted by molar-refractivity contribution is 0.190. The summed E-state index contributed by atoms with van der Waals surface area (Å²) in [5, 5.41) is 1.07. The molecule has 0 saturated carbocycles. The fraction of sp³-hybridized carbons (Fsp3) is 0.160. The van der Waals surface area contributed by atoms with Crippen LogP contribution in [0.1, 0.15) is 22.7 Å². The third-order valence-corrected chi connectivity index (χ3v) is 7.31. The monoisotopic (exact) mass is 445 g/mol. The van der Waals surface area contributed by atoms with Gasteiger partial charge in [0, 0.05) is 35.5 Å². The largest absolute Gasteiger partial charge is 0.361 e. The van der Waals surface area contributed by atoms with Crippen molar-refractivity contribution in [1.82, 2.24) is 9.88 Å². The highest BCUT2D eigenvalue weighted by atomic mass is 32.2. The number of para-hydroxylation sites is 1. The Morgan fingerprint density at radius 3 is 2.44 bits per heavy atom. The molecular weight excluding hydrogens is 422 g/mol. The summed E-state index contributed by atoms with van der Waals surface area (Å²) in [7, 11) is -3.23. The van der Waals surface area contributed by atoms with Gasteiger partial charge in [-0.25, -0.2) is 13.2 Å². The fourth-order valence-corrected chi connectivity index (χ4v) is 5.22. The smallest absolute Gasteiger partial charge is 0.315 e. The van der Waals surface area contributed by atoms with E-state index in [9.17, 15) is 13.2 Å². The van der Waals surface area contributed by atoms with Crippen LogP contribution in [-0.4, -0.2) is 37.1 Å². The van der Waals surface area contributed by atoms with Gasteiger partial charge in [-0.05, 0) is 46.9 Å². The van der Waals surface area contributed by atoms with Crippen LogP contribution in [0, 0.1) is 0 Å². The zero-order chi connectivity index (χ0) is 22.5. The summed E-state index contributed by atoms with van der Waals surface area (Å²) in [6, 6.07) is 20.4. The van der Waals surface area contributed by atoms with Crippen LogP contribution in [-0.2, 0) is 16.3 Å². The molecule has 0 spiro atoms. The second-order valence-corrected chi connectivity index (χ2v) is 10.2. The molecule has 6 nitrogen and oxygen atoms in total. The van der Waals surface area contributed by atoms with Gasteiger partial charge in [0.15, 0.2) is 9.84 Å². The van der Waals surface area contributed by atoms with Crippen LogP contribution in [0.4, 0.5) is 4.79 Å². The number of rotatable bonds is 3. The summed E-state index contributed by atoms with van der Waals surface area (Å²) in [5.41, 5.74) is 12.0. The van der Waals surface area contributed by atoms with E-state index < -0.39 is 15.9 Å². The number of nitrogens with one attached hydrogen (secondary N) is 1. The SMILES string of the molecule is CS(=O)(=O)c1ccc(-c2ccc3c(c2)CCN(C(N)=O)C3c2c[nH]c3ccccc23)cc1. The average molecular weight is 446 g/mol. The Balaban J connectivity index is 1.59. The number of hydrogen-bond donors (Lipinski definition) is 2. The van der Waals surface area contributed by atoms with Crippen LogP contribution in [0.25, 0.3) is 22.0 Å². The minimum Gasteiger partial charge on any atom is -0.361 e. The number of sulfone groups is 1. The number of carbonyl (C=O) groups is 1. The molecule has 1 aromatic heterocycles. The third kappa shape index (κ3) is 3.44. The molecule has 162 valence electrons. The van der Waals surface area contributed by atoms with E-state index in [1.54, 1.807) is 17.0 Å². The van der Waals surface area contributed by atoms with Gasteiger partial charge in [0.25, 0.3) is 0 Å². The van der Waals surface area contributed by atoms with Crippen molar-refractivity contribution in [3.05, 3.63) is 89.6 Å². The van der Waals surface area contributed by atoms with Gasteiger partial charge in [-0.15, -0.1) is 0 Å². The molecule has 2 amide bonds. The first-order valence-corrected chi connectivity index (χ1v) is 12.3. The van der Waals surface area contributed by atoms with Gasteiger partial charge in [0.05, 0.1) is 10.9 Å². The molecule has 4 aromatic rings. The van der Waals surface area contributed by atoms with Gasteiger partial charge in [-0.3, -0.25) is 0 Å². The first kappa shape index (κ1) is 20.3. The maximum atomic E-state index is 12.3. The molecule has 32 heavy (non-hydrogen) atoms. The van der Waals surface area contributed by atoms with E-state index >= 15 is 0 Å². The van der Waals surface area contributed by atoms with Crippen LogP contribution in [0.2, 0.25) is 0 Å². The molecule has 1 aliphatic heterocycles. The first-order chi connectivity index (χ1) is 15.3. The second kappa shape index (κ2) is 7.53. The van der Waals surface area contributed by atoms with E-state index in [0.717, 1.165) is 38.7 Å². The number of nitrogens with zero attached hydrogens (tertiary/aromatic N) is 1. The maximum Gasteiger partial charge on any atom is 0.315 e. The minimum atomic E-state index is -3.23. The van der Waals surface area contributed by atoms with Crippen LogP contribution in [0.15, 0.2) is 77.8 Å². The molecule has 7 heteroatoms. The van der Waals surface area contributed by atoms with Crippen molar-refractivity contribution in [3.8, 4) is 11.1 Å². The molecule has 0 saturated heterocycles. The van der Waals surface area contributed by atoms with Crippen molar-refractivity contribution in [2.45, 2.75) is 17.4 Å². The quantitative estimate of drug-likeness (QED) is 0.493. The lowest BCUT2D eigenvalue weighted by Gasteiger charge is -2.36. The molecular formula is C25H23N3O3S. The number of urea groups is 1. The minimum absolute atomic E-state index is 0.269. The molecule has 1 aliphatic rings. The van der Waals surface area contributed by atoms with E-state index in [1.807, 2.05) is 48.7 Å².